The van der Waals surface area contributed by atoms with E-state index in [4.69, 9.17) is 10.2 Å². The van der Waals surface area contributed by atoms with Crippen molar-refractivity contribution in [1.29, 1.82) is 0 Å². The zero-order valence-electron chi connectivity index (χ0n) is 5.92. The number of aromatic nitrogens is 1. The lowest BCUT2D eigenvalue weighted by Crippen LogP contribution is -1.98. The van der Waals surface area contributed by atoms with Gasteiger partial charge >= 0.3 is 0 Å². The summed E-state index contributed by atoms with van der Waals surface area (Å²) in [5, 5.41) is 0. The van der Waals surface area contributed by atoms with E-state index in [0.29, 0.717) is 0 Å². The monoisotopic (exact) mass is 140 g/mol. The maximum atomic E-state index is 5.32. The smallest absolute Gasteiger partial charge is 0.180 e. The number of aryl methyl sites for hydroxylation is 1. The van der Waals surface area contributed by atoms with Gasteiger partial charge in [-0.25, -0.2) is 4.98 Å². The Morgan fingerprint density at radius 2 is 2.40 bits per heavy atom. The Balaban J connectivity index is 2.15. The van der Waals surface area contributed by atoms with Crippen LogP contribution in [0.2, 0.25) is 0 Å². The van der Waals surface area contributed by atoms with Gasteiger partial charge in [0.15, 0.2) is 6.39 Å². The van der Waals surface area contributed by atoms with E-state index in [9.17, 15) is 0 Å². The van der Waals surface area contributed by atoms with Gasteiger partial charge in [0.1, 0.15) is 5.76 Å². The quantitative estimate of drug-likeness (QED) is 0.633. The Bertz CT molecular complexity index is 160. The average molecular weight is 140 g/mol. The summed E-state index contributed by atoms with van der Waals surface area (Å²) >= 11 is 0. The number of oxazole rings is 1. The molecular formula is C7H12N2O. The summed E-state index contributed by atoms with van der Waals surface area (Å²) in [5.74, 6) is 0.952. The summed E-state index contributed by atoms with van der Waals surface area (Å²) in [7, 11) is 0. The van der Waals surface area contributed by atoms with E-state index < -0.39 is 0 Å². The third kappa shape index (κ3) is 2.19. The molecule has 0 unspecified atom stereocenters. The Hall–Kier alpha value is -0.830. The predicted octanol–water partition coefficient (Wildman–Crippen LogP) is 0.956. The topological polar surface area (TPSA) is 52.0 Å². The van der Waals surface area contributed by atoms with Gasteiger partial charge in [0.25, 0.3) is 0 Å². The van der Waals surface area contributed by atoms with E-state index >= 15 is 0 Å². The van der Waals surface area contributed by atoms with Crippen LogP contribution in [0.4, 0.5) is 0 Å². The van der Waals surface area contributed by atoms with Crippen molar-refractivity contribution in [1.82, 2.24) is 4.98 Å². The molecule has 0 aliphatic heterocycles. The molecule has 1 aromatic rings. The molecule has 10 heavy (non-hydrogen) atoms. The molecule has 0 radical (unpaired) electrons. The summed E-state index contributed by atoms with van der Waals surface area (Å²) in [5.41, 5.74) is 5.32. The second kappa shape index (κ2) is 4.06. The first-order valence-electron chi connectivity index (χ1n) is 3.51. The number of hydrogen-bond acceptors (Lipinski definition) is 3. The molecule has 3 nitrogen and oxygen atoms in total. The van der Waals surface area contributed by atoms with E-state index in [1.165, 1.54) is 6.39 Å². The van der Waals surface area contributed by atoms with Gasteiger partial charge in [0, 0.05) is 6.42 Å². The molecule has 0 aliphatic rings. The highest BCUT2D eigenvalue weighted by atomic mass is 16.3. The van der Waals surface area contributed by atoms with E-state index in [1.807, 2.05) is 0 Å². The summed E-state index contributed by atoms with van der Waals surface area (Å²) in [6, 6.07) is 0. The lowest BCUT2D eigenvalue weighted by molar-refractivity contribution is 0.494. The maximum absolute atomic E-state index is 5.32. The highest BCUT2D eigenvalue weighted by molar-refractivity contribution is 4.87. The molecule has 0 aromatic carbocycles. The van der Waals surface area contributed by atoms with Crippen LogP contribution in [0, 0.1) is 0 Å². The molecule has 1 rings (SSSR count). The van der Waals surface area contributed by atoms with Crippen molar-refractivity contribution in [3.05, 3.63) is 18.4 Å². The fourth-order valence-electron chi connectivity index (χ4n) is 0.809. The minimum atomic E-state index is 0.758. The van der Waals surface area contributed by atoms with Crippen LogP contribution in [0.3, 0.4) is 0 Å². The fraction of sp³-hybridized carbons (Fsp3) is 0.571. The van der Waals surface area contributed by atoms with Gasteiger partial charge < -0.3 is 10.2 Å². The second-order valence-corrected chi connectivity index (χ2v) is 2.21. The molecule has 1 aromatic heterocycles. The van der Waals surface area contributed by atoms with Crippen LogP contribution < -0.4 is 5.73 Å². The number of nitrogens with zero attached hydrogens (tertiary/aromatic N) is 1. The average Bonchev–Trinajstić information content (AvgIpc) is 2.41. The number of unbranched alkanes of at least 4 members (excludes halogenated alkanes) is 1. The SMILES string of the molecule is NCCCCc1cnco1. The second-order valence-electron chi connectivity index (χ2n) is 2.21. The third-order valence-corrected chi connectivity index (χ3v) is 1.36. The van der Waals surface area contributed by atoms with Crippen LogP contribution in [0.25, 0.3) is 0 Å². The van der Waals surface area contributed by atoms with Crippen molar-refractivity contribution < 1.29 is 4.42 Å². The molecular weight excluding hydrogens is 128 g/mol. The van der Waals surface area contributed by atoms with Crippen LogP contribution in [-0.4, -0.2) is 11.5 Å². The Kier molecular flexibility index (Phi) is 2.96. The molecule has 1 heterocycles. The Morgan fingerprint density at radius 1 is 1.50 bits per heavy atom. The van der Waals surface area contributed by atoms with Crippen LogP contribution in [0.15, 0.2) is 17.0 Å². The first kappa shape index (κ1) is 7.28. The summed E-state index contributed by atoms with van der Waals surface area (Å²) in [4.78, 5) is 3.80. The minimum absolute atomic E-state index is 0.758. The van der Waals surface area contributed by atoms with E-state index in [0.717, 1.165) is 31.6 Å². The number of hydrogen-bond donors (Lipinski definition) is 1. The minimum Gasteiger partial charge on any atom is -0.449 e. The molecule has 56 valence electrons. The lowest BCUT2D eigenvalue weighted by atomic mass is 10.2. The summed E-state index contributed by atoms with van der Waals surface area (Å²) in [6.45, 7) is 0.758. The first-order valence-corrected chi connectivity index (χ1v) is 3.51. The molecule has 0 saturated heterocycles. The van der Waals surface area contributed by atoms with Crippen molar-refractivity contribution in [2.45, 2.75) is 19.3 Å². The summed E-state index contributed by atoms with van der Waals surface area (Å²) in [6.07, 6.45) is 6.30. The van der Waals surface area contributed by atoms with Crippen LogP contribution in [0.1, 0.15) is 18.6 Å². The Labute approximate surface area is 60.2 Å². The van der Waals surface area contributed by atoms with Gasteiger partial charge in [-0.1, -0.05) is 0 Å². The molecule has 0 aliphatic carbocycles. The zero-order chi connectivity index (χ0) is 7.23. The van der Waals surface area contributed by atoms with Crippen molar-refractivity contribution in [3.8, 4) is 0 Å². The largest absolute Gasteiger partial charge is 0.449 e. The maximum Gasteiger partial charge on any atom is 0.180 e. The van der Waals surface area contributed by atoms with Crippen LogP contribution >= 0.6 is 0 Å². The fourth-order valence-corrected chi connectivity index (χ4v) is 0.809. The van der Waals surface area contributed by atoms with Gasteiger partial charge in [0.2, 0.25) is 0 Å². The molecule has 0 saturated carbocycles. The van der Waals surface area contributed by atoms with Gasteiger partial charge in [-0.15, -0.1) is 0 Å². The first-order chi connectivity index (χ1) is 4.93. The van der Waals surface area contributed by atoms with Gasteiger partial charge in [-0.3, -0.25) is 0 Å². The number of rotatable bonds is 4. The van der Waals surface area contributed by atoms with Crippen LogP contribution in [-0.2, 0) is 6.42 Å². The number of nitrogens with two attached hydrogens (primary N) is 1. The van der Waals surface area contributed by atoms with E-state index in [2.05, 4.69) is 4.98 Å². The van der Waals surface area contributed by atoms with E-state index in [1.54, 1.807) is 6.20 Å². The van der Waals surface area contributed by atoms with Crippen LogP contribution in [0.5, 0.6) is 0 Å². The molecule has 0 amide bonds. The van der Waals surface area contributed by atoms with Gasteiger partial charge in [-0.2, -0.15) is 0 Å². The predicted molar refractivity (Wildman–Crippen MR) is 38.5 cm³/mol. The lowest BCUT2D eigenvalue weighted by Gasteiger charge is -1.92. The van der Waals surface area contributed by atoms with E-state index in [-0.39, 0.29) is 0 Å². The van der Waals surface area contributed by atoms with Crippen molar-refractivity contribution in [2.24, 2.45) is 5.73 Å². The highest BCUT2D eigenvalue weighted by Crippen LogP contribution is 2.01. The van der Waals surface area contributed by atoms with Crippen molar-refractivity contribution >= 4 is 0 Å². The molecule has 2 N–H and O–H groups in total. The normalized spacial score (nSPS) is 10.1. The van der Waals surface area contributed by atoms with Gasteiger partial charge in [0.05, 0.1) is 6.20 Å². The zero-order valence-corrected chi connectivity index (χ0v) is 5.92. The third-order valence-electron chi connectivity index (χ3n) is 1.36. The van der Waals surface area contributed by atoms with Crippen molar-refractivity contribution in [2.75, 3.05) is 6.54 Å². The molecule has 0 fully saturated rings. The Morgan fingerprint density at radius 3 is 3.00 bits per heavy atom. The molecule has 0 atom stereocenters. The summed E-state index contributed by atoms with van der Waals surface area (Å²) < 4.78 is 5.03. The molecule has 3 heteroatoms. The van der Waals surface area contributed by atoms with Crippen molar-refractivity contribution in [3.63, 3.8) is 0 Å². The standard InChI is InChI=1S/C7H12N2O/c8-4-2-1-3-7-5-9-6-10-7/h5-6H,1-4,8H2. The van der Waals surface area contributed by atoms with Gasteiger partial charge in [-0.05, 0) is 19.4 Å². The molecule has 0 bridgehead atoms. The molecule has 0 spiro atoms. The highest BCUT2D eigenvalue weighted by Gasteiger charge is 1.93.